The molecule has 0 radical (unpaired) electrons. The smallest absolute Gasteiger partial charge is 0.144 e. The lowest BCUT2D eigenvalue weighted by atomic mass is 10.5. The van der Waals surface area contributed by atoms with Crippen LogP contribution in [0.25, 0.3) is 4.91 Å². The van der Waals surface area contributed by atoms with Crippen LogP contribution in [0, 0.1) is 0 Å². The quantitative estimate of drug-likeness (QED) is 0.822. The van der Waals surface area contributed by atoms with Crippen LogP contribution in [0.4, 0.5) is 5.82 Å². The standard InChI is InChI=1S/C9H7N3S3/c1-2-14-9(10-1)7-3-12(6-15-7)8-4-13-5-11-8/h1-5H,6H2. The van der Waals surface area contributed by atoms with E-state index < -0.39 is 0 Å². The van der Waals surface area contributed by atoms with Gasteiger partial charge in [0, 0.05) is 23.2 Å². The van der Waals surface area contributed by atoms with Gasteiger partial charge in [-0.3, -0.25) is 0 Å². The number of rotatable bonds is 2. The Labute approximate surface area is 99.5 Å². The van der Waals surface area contributed by atoms with E-state index >= 15 is 0 Å². The van der Waals surface area contributed by atoms with Crippen molar-refractivity contribution >= 4 is 45.2 Å². The lowest BCUT2D eigenvalue weighted by molar-refractivity contribution is 1.13. The molecule has 1 aliphatic rings. The topological polar surface area (TPSA) is 29.0 Å². The first-order valence-corrected chi connectivity index (χ1v) is 7.13. The normalized spacial score (nSPS) is 15.7. The zero-order valence-electron chi connectivity index (χ0n) is 7.66. The molecular formula is C9H7N3S3. The van der Waals surface area contributed by atoms with Crippen LogP contribution in [0.15, 0.2) is 28.7 Å². The highest BCUT2D eigenvalue weighted by Gasteiger charge is 2.18. The van der Waals surface area contributed by atoms with Crippen LogP contribution in [0.3, 0.4) is 0 Å². The van der Waals surface area contributed by atoms with Crippen molar-refractivity contribution < 1.29 is 0 Å². The van der Waals surface area contributed by atoms with Crippen molar-refractivity contribution in [3.63, 3.8) is 0 Å². The fourth-order valence-corrected chi connectivity index (χ4v) is 3.57. The first-order chi connectivity index (χ1) is 7.43. The summed E-state index contributed by atoms with van der Waals surface area (Å²) in [7, 11) is 0. The van der Waals surface area contributed by atoms with E-state index in [1.807, 2.05) is 17.1 Å². The number of aromatic nitrogens is 2. The number of hydrogen-bond donors (Lipinski definition) is 0. The van der Waals surface area contributed by atoms with Gasteiger partial charge >= 0.3 is 0 Å². The summed E-state index contributed by atoms with van der Waals surface area (Å²) in [6, 6.07) is 0. The highest BCUT2D eigenvalue weighted by molar-refractivity contribution is 8.08. The van der Waals surface area contributed by atoms with E-state index in [9.17, 15) is 0 Å². The minimum atomic E-state index is 0.929. The van der Waals surface area contributed by atoms with Gasteiger partial charge in [0.15, 0.2) is 0 Å². The summed E-state index contributed by atoms with van der Waals surface area (Å²) in [6.07, 6.45) is 3.96. The average molecular weight is 253 g/mol. The summed E-state index contributed by atoms with van der Waals surface area (Å²) >= 11 is 5.10. The molecule has 0 saturated heterocycles. The molecule has 15 heavy (non-hydrogen) atoms. The summed E-state index contributed by atoms with van der Waals surface area (Å²) in [6.45, 7) is 0. The highest BCUT2D eigenvalue weighted by atomic mass is 32.2. The van der Waals surface area contributed by atoms with E-state index in [0.29, 0.717) is 0 Å². The van der Waals surface area contributed by atoms with Crippen molar-refractivity contribution in [3.8, 4) is 0 Å². The second kappa shape index (κ2) is 3.96. The van der Waals surface area contributed by atoms with Crippen molar-refractivity contribution in [2.45, 2.75) is 0 Å². The van der Waals surface area contributed by atoms with Gasteiger partial charge in [0.25, 0.3) is 0 Å². The van der Waals surface area contributed by atoms with Gasteiger partial charge < -0.3 is 4.90 Å². The second-order valence-corrected chi connectivity index (χ2v) is 5.52. The van der Waals surface area contributed by atoms with Crippen LogP contribution < -0.4 is 4.90 Å². The van der Waals surface area contributed by atoms with Crippen molar-refractivity contribution in [2.24, 2.45) is 0 Å². The first-order valence-electron chi connectivity index (χ1n) is 4.33. The lowest BCUT2D eigenvalue weighted by Gasteiger charge is -2.08. The van der Waals surface area contributed by atoms with Crippen molar-refractivity contribution in [2.75, 3.05) is 10.8 Å². The molecule has 0 N–H and O–H groups in total. The van der Waals surface area contributed by atoms with Crippen LogP contribution in [0.5, 0.6) is 0 Å². The molecule has 3 nitrogen and oxygen atoms in total. The number of anilines is 1. The maximum absolute atomic E-state index is 4.30. The van der Waals surface area contributed by atoms with Crippen molar-refractivity contribution in [3.05, 3.63) is 33.7 Å². The summed E-state index contributed by atoms with van der Waals surface area (Å²) < 4.78 is 0. The molecular weight excluding hydrogens is 246 g/mol. The van der Waals surface area contributed by atoms with E-state index in [4.69, 9.17) is 0 Å². The first kappa shape index (κ1) is 9.38. The third-order valence-corrected chi connectivity index (χ3v) is 4.52. The molecule has 0 aliphatic carbocycles. The predicted molar refractivity (Wildman–Crippen MR) is 67.1 cm³/mol. The molecule has 3 heterocycles. The van der Waals surface area contributed by atoms with Crippen LogP contribution in [0.1, 0.15) is 5.01 Å². The van der Waals surface area contributed by atoms with Crippen LogP contribution in [-0.4, -0.2) is 15.8 Å². The molecule has 76 valence electrons. The monoisotopic (exact) mass is 253 g/mol. The SMILES string of the molecule is C1=C(c2nccs2)SCN1c1cscn1. The molecule has 3 rings (SSSR count). The average Bonchev–Trinajstić information content (AvgIpc) is 3.02. The highest BCUT2D eigenvalue weighted by Crippen LogP contribution is 2.36. The van der Waals surface area contributed by atoms with Gasteiger partial charge in [0.05, 0.1) is 16.3 Å². The maximum atomic E-state index is 4.30. The van der Waals surface area contributed by atoms with Crippen LogP contribution in [0.2, 0.25) is 0 Å². The molecule has 1 aliphatic heterocycles. The Bertz CT molecular complexity index is 461. The second-order valence-electron chi connectivity index (χ2n) is 2.92. The van der Waals surface area contributed by atoms with Gasteiger partial charge in [-0.05, 0) is 0 Å². The summed E-state index contributed by atoms with van der Waals surface area (Å²) in [5.41, 5.74) is 1.86. The number of nitrogens with zero attached hydrogens (tertiary/aromatic N) is 3. The fourth-order valence-electron chi connectivity index (χ4n) is 1.30. The van der Waals surface area contributed by atoms with E-state index in [0.717, 1.165) is 16.7 Å². The molecule has 6 heteroatoms. The minimum Gasteiger partial charge on any atom is -0.321 e. The van der Waals surface area contributed by atoms with Gasteiger partial charge in [-0.2, -0.15) is 0 Å². The van der Waals surface area contributed by atoms with Gasteiger partial charge in [0.1, 0.15) is 10.8 Å². The van der Waals surface area contributed by atoms with E-state index in [2.05, 4.69) is 26.4 Å². The molecule has 0 bridgehead atoms. The largest absolute Gasteiger partial charge is 0.321 e. The minimum absolute atomic E-state index is 0.929. The van der Waals surface area contributed by atoms with Crippen molar-refractivity contribution in [1.29, 1.82) is 0 Å². The van der Waals surface area contributed by atoms with E-state index in [-0.39, 0.29) is 0 Å². The molecule has 0 atom stereocenters. The van der Waals surface area contributed by atoms with Crippen molar-refractivity contribution in [1.82, 2.24) is 9.97 Å². The Morgan fingerprint density at radius 3 is 3.07 bits per heavy atom. The third-order valence-electron chi connectivity index (χ3n) is 1.99. The summed E-state index contributed by atoms with van der Waals surface area (Å²) in [5.74, 6) is 1.96. The Balaban J connectivity index is 1.87. The molecule has 0 spiro atoms. The Kier molecular flexibility index (Phi) is 2.47. The number of hydrogen-bond acceptors (Lipinski definition) is 6. The maximum Gasteiger partial charge on any atom is 0.144 e. The van der Waals surface area contributed by atoms with Crippen LogP contribution >= 0.6 is 34.4 Å². The Morgan fingerprint density at radius 1 is 1.33 bits per heavy atom. The predicted octanol–water partition coefficient (Wildman–Crippen LogP) is 3.11. The number of thiazole rings is 2. The molecule has 0 aromatic carbocycles. The third kappa shape index (κ3) is 1.80. The zero-order chi connectivity index (χ0) is 10.1. The van der Waals surface area contributed by atoms with Gasteiger partial charge in [-0.1, -0.05) is 11.8 Å². The zero-order valence-corrected chi connectivity index (χ0v) is 10.1. The van der Waals surface area contributed by atoms with Gasteiger partial charge in [-0.15, -0.1) is 22.7 Å². The Morgan fingerprint density at radius 2 is 2.33 bits per heavy atom. The molecule has 0 unspecified atom stereocenters. The fraction of sp³-hybridized carbons (Fsp3) is 0.111. The summed E-state index contributed by atoms with van der Waals surface area (Å²) in [5, 5.41) is 5.15. The summed E-state index contributed by atoms with van der Waals surface area (Å²) in [4.78, 5) is 12.0. The molecule has 2 aromatic heterocycles. The molecule has 0 saturated carbocycles. The van der Waals surface area contributed by atoms with Crippen LogP contribution in [-0.2, 0) is 0 Å². The number of thioether (sulfide) groups is 1. The van der Waals surface area contributed by atoms with E-state index in [1.54, 1.807) is 34.4 Å². The lowest BCUT2D eigenvalue weighted by Crippen LogP contribution is -2.10. The van der Waals surface area contributed by atoms with Gasteiger partial charge in [0.2, 0.25) is 0 Å². The molecule has 2 aromatic rings. The van der Waals surface area contributed by atoms with E-state index in [1.165, 1.54) is 4.91 Å². The molecule has 0 fully saturated rings. The molecule has 0 amide bonds. The Hall–Kier alpha value is -0.850. The van der Waals surface area contributed by atoms with Gasteiger partial charge in [-0.25, -0.2) is 9.97 Å².